The van der Waals surface area contributed by atoms with Crippen LogP contribution in [0.3, 0.4) is 0 Å². The van der Waals surface area contributed by atoms with E-state index in [4.69, 9.17) is 0 Å². The smallest absolute Gasteiger partial charge is 0.306 e. The van der Waals surface area contributed by atoms with Crippen molar-refractivity contribution in [1.82, 2.24) is 0 Å². The van der Waals surface area contributed by atoms with Gasteiger partial charge in [0.1, 0.15) is 5.75 Å². The minimum atomic E-state index is -0.700. The van der Waals surface area contributed by atoms with Crippen molar-refractivity contribution in [3.8, 4) is 5.75 Å². The molecule has 3 nitrogen and oxygen atoms in total. The molecule has 0 spiro atoms. The Bertz CT molecular complexity index is 746. The number of phenols is 1. The average molecular weight is 531 g/mol. The SMILES string of the molecule is CCCCCCCCCCCCCCCCCC[C@@H](Cc1cc(C(C)(C)C)c(O)c(C(C)(C)C)c1)C(=O)O. The van der Waals surface area contributed by atoms with Gasteiger partial charge in [-0.2, -0.15) is 0 Å². The van der Waals surface area contributed by atoms with E-state index in [-0.39, 0.29) is 16.7 Å². The molecule has 1 aromatic rings. The Hall–Kier alpha value is -1.51. The van der Waals surface area contributed by atoms with Crippen LogP contribution in [0, 0.1) is 5.92 Å². The molecule has 2 N–H and O–H groups in total. The van der Waals surface area contributed by atoms with Crippen LogP contribution in [-0.2, 0) is 22.0 Å². The topological polar surface area (TPSA) is 57.5 Å². The van der Waals surface area contributed by atoms with E-state index in [1.165, 1.54) is 89.9 Å². The van der Waals surface area contributed by atoms with Gasteiger partial charge in [0.15, 0.2) is 0 Å². The van der Waals surface area contributed by atoms with Gasteiger partial charge in [0, 0.05) is 0 Å². The number of carboxylic acid groups (broad SMARTS) is 1. The number of rotatable bonds is 20. The first kappa shape index (κ1) is 34.5. The minimum absolute atomic E-state index is 0.202. The minimum Gasteiger partial charge on any atom is -0.507 e. The molecule has 0 fully saturated rings. The molecule has 0 aliphatic heterocycles. The molecule has 3 heteroatoms. The zero-order chi connectivity index (χ0) is 28.6. The molecule has 38 heavy (non-hydrogen) atoms. The highest BCUT2D eigenvalue weighted by molar-refractivity contribution is 5.70. The van der Waals surface area contributed by atoms with Gasteiger partial charge in [-0.05, 0) is 40.4 Å². The Morgan fingerprint density at radius 2 is 1.00 bits per heavy atom. The van der Waals surface area contributed by atoms with Crippen molar-refractivity contribution in [2.45, 2.75) is 175 Å². The van der Waals surface area contributed by atoms with E-state index >= 15 is 0 Å². The van der Waals surface area contributed by atoms with Crippen LogP contribution in [-0.4, -0.2) is 16.2 Å². The first-order valence-electron chi connectivity index (χ1n) is 16.0. The van der Waals surface area contributed by atoms with Crippen LogP contribution in [0.25, 0.3) is 0 Å². The lowest BCUT2D eigenvalue weighted by Gasteiger charge is -2.28. The Balaban J connectivity index is 2.35. The summed E-state index contributed by atoms with van der Waals surface area (Å²) in [6.45, 7) is 14.9. The summed E-state index contributed by atoms with van der Waals surface area (Å²) in [5, 5.41) is 20.9. The molecule has 1 rings (SSSR count). The summed E-state index contributed by atoms with van der Waals surface area (Å²) >= 11 is 0. The lowest BCUT2D eigenvalue weighted by molar-refractivity contribution is -0.142. The number of unbranched alkanes of at least 4 members (excludes halogenated alkanes) is 15. The first-order chi connectivity index (χ1) is 17.9. The van der Waals surface area contributed by atoms with Gasteiger partial charge in [-0.1, -0.05) is 163 Å². The predicted octanol–water partition coefficient (Wildman–Crippen LogP) is 10.9. The van der Waals surface area contributed by atoms with Gasteiger partial charge in [0.05, 0.1) is 5.92 Å². The van der Waals surface area contributed by atoms with Crippen LogP contribution in [0.1, 0.15) is 174 Å². The van der Waals surface area contributed by atoms with Crippen LogP contribution in [0.2, 0.25) is 0 Å². The molecule has 220 valence electrons. The van der Waals surface area contributed by atoms with Crippen molar-refractivity contribution in [2.24, 2.45) is 5.92 Å². The fourth-order valence-corrected chi connectivity index (χ4v) is 5.49. The van der Waals surface area contributed by atoms with Gasteiger partial charge in [-0.25, -0.2) is 0 Å². The van der Waals surface area contributed by atoms with Crippen LogP contribution in [0.4, 0.5) is 0 Å². The molecule has 0 saturated carbocycles. The van der Waals surface area contributed by atoms with Crippen molar-refractivity contribution in [1.29, 1.82) is 0 Å². The largest absolute Gasteiger partial charge is 0.507 e. The molecule has 0 amide bonds. The molecule has 0 bridgehead atoms. The third-order valence-corrected chi connectivity index (χ3v) is 8.02. The number of hydrogen-bond acceptors (Lipinski definition) is 2. The van der Waals surface area contributed by atoms with E-state index in [9.17, 15) is 15.0 Å². The fraction of sp³-hybridized carbons (Fsp3) is 0.800. The van der Waals surface area contributed by atoms with Crippen molar-refractivity contribution in [3.63, 3.8) is 0 Å². The van der Waals surface area contributed by atoms with Gasteiger partial charge in [-0.3, -0.25) is 4.79 Å². The molecule has 0 aromatic heterocycles. The maximum absolute atomic E-state index is 12.1. The molecule has 1 atom stereocenters. The lowest BCUT2D eigenvalue weighted by Crippen LogP contribution is -2.20. The third kappa shape index (κ3) is 14.0. The van der Waals surface area contributed by atoms with E-state index in [1.807, 2.05) is 12.1 Å². The molecule has 0 heterocycles. The monoisotopic (exact) mass is 530 g/mol. The zero-order valence-electron chi connectivity index (χ0n) is 26.3. The quantitative estimate of drug-likeness (QED) is 0.165. The zero-order valence-corrected chi connectivity index (χ0v) is 26.3. The molecule has 0 aliphatic rings. The van der Waals surface area contributed by atoms with Crippen molar-refractivity contribution in [3.05, 3.63) is 28.8 Å². The number of carbonyl (C=O) groups is 1. The summed E-state index contributed by atoms with van der Waals surface area (Å²) in [6, 6.07) is 4.07. The second kappa shape index (κ2) is 18.0. The molecule has 0 saturated heterocycles. The second-order valence-electron chi connectivity index (χ2n) is 13.9. The van der Waals surface area contributed by atoms with E-state index < -0.39 is 5.97 Å². The second-order valence-corrected chi connectivity index (χ2v) is 13.9. The summed E-state index contributed by atoms with van der Waals surface area (Å²) in [7, 11) is 0. The van der Waals surface area contributed by atoms with Crippen molar-refractivity contribution in [2.75, 3.05) is 0 Å². The number of benzene rings is 1. The van der Waals surface area contributed by atoms with Gasteiger partial charge in [-0.15, -0.1) is 0 Å². The van der Waals surface area contributed by atoms with E-state index in [1.54, 1.807) is 0 Å². The normalized spacial score (nSPS) is 13.1. The Labute approximate surface area is 236 Å². The standard InChI is InChI=1S/C35H62O3/c1-8-9-10-11-12-13-14-15-16-17-18-19-20-21-22-23-24-29(33(37)38)25-28-26-30(34(2,3)4)32(36)31(27-28)35(5,6)7/h26-27,29,36H,8-25H2,1-7H3,(H,37,38)/t29-/m0/s1. The summed E-state index contributed by atoms with van der Waals surface area (Å²) in [4.78, 5) is 12.1. The van der Waals surface area contributed by atoms with Crippen LogP contribution < -0.4 is 0 Å². The molecule has 1 aromatic carbocycles. The highest BCUT2D eigenvalue weighted by Gasteiger charge is 2.28. The van der Waals surface area contributed by atoms with Gasteiger partial charge < -0.3 is 10.2 Å². The number of phenolic OH excluding ortho intramolecular Hbond substituents is 1. The molecule has 0 unspecified atom stereocenters. The Morgan fingerprint density at radius 3 is 1.32 bits per heavy atom. The fourth-order valence-electron chi connectivity index (χ4n) is 5.49. The van der Waals surface area contributed by atoms with Gasteiger partial charge in [0.25, 0.3) is 0 Å². The average Bonchev–Trinajstić information content (AvgIpc) is 2.82. The highest BCUT2D eigenvalue weighted by Crippen LogP contribution is 2.40. The van der Waals surface area contributed by atoms with Crippen molar-refractivity contribution >= 4 is 5.97 Å². The number of aromatic hydroxyl groups is 1. The van der Waals surface area contributed by atoms with E-state index in [0.29, 0.717) is 12.2 Å². The number of aliphatic carboxylic acids is 1. The summed E-state index contributed by atoms with van der Waals surface area (Å²) in [5.41, 5.74) is 2.44. The first-order valence-corrected chi connectivity index (χ1v) is 16.0. The van der Waals surface area contributed by atoms with Gasteiger partial charge >= 0.3 is 5.97 Å². The number of hydrogen-bond donors (Lipinski definition) is 2. The van der Waals surface area contributed by atoms with Crippen molar-refractivity contribution < 1.29 is 15.0 Å². The lowest BCUT2D eigenvalue weighted by atomic mass is 9.77. The Kier molecular flexibility index (Phi) is 16.3. The maximum Gasteiger partial charge on any atom is 0.306 e. The van der Waals surface area contributed by atoms with Crippen LogP contribution in [0.5, 0.6) is 5.75 Å². The van der Waals surface area contributed by atoms with E-state index in [0.717, 1.165) is 36.0 Å². The summed E-state index contributed by atoms with van der Waals surface area (Å²) in [5.74, 6) is -0.709. The molecular formula is C35H62O3. The number of carboxylic acids is 1. The molecular weight excluding hydrogens is 468 g/mol. The van der Waals surface area contributed by atoms with Gasteiger partial charge in [0.2, 0.25) is 0 Å². The maximum atomic E-state index is 12.1. The molecule has 0 radical (unpaired) electrons. The molecule has 0 aliphatic carbocycles. The van der Waals surface area contributed by atoms with E-state index in [2.05, 4.69) is 48.5 Å². The summed E-state index contributed by atoms with van der Waals surface area (Å²) in [6.07, 6.45) is 22.5. The predicted molar refractivity (Wildman–Crippen MR) is 164 cm³/mol. The van der Waals surface area contributed by atoms with Crippen LogP contribution in [0.15, 0.2) is 12.1 Å². The Morgan fingerprint density at radius 1 is 0.658 bits per heavy atom. The highest BCUT2D eigenvalue weighted by atomic mass is 16.4. The third-order valence-electron chi connectivity index (χ3n) is 8.02. The summed E-state index contributed by atoms with van der Waals surface area (Å²) < 4.78 is 0. The van der Waals surface area contributed by atoms with Crippen LogP contribution >= 0.6 is 0 Å².